The van der Waals surface area contributed by atoms with E-state index < -0.39 is 28.5 Å². The SMILES string of the molecule is CS(=O)(=O)N(CC(=O)N(Cc1ccccc1)C(Cc1ccccc1)C(=O)NC1CCCC1)c1ccc(Oc2ccccc2)cc1. The fraction of sp³-hybridized carbons (Fsp3) is 0.278. The first-order chi connectivity index (χ1) is 21.8. The van der Waals surface area contributed by atoms with Crippen molar-refractivity contribution >= 4 is 27.5 Å². The van der Waals surface area contributed by atoms with E-state index in [0.29, 0.717) is 23.6 Å². The molecule has 0 radical (unpaired) electrons. The highest BCUT2D eigenvalue weighted by Gasteiger charge is 2.34. The highest BCUT2D eigenvalue weighted by atomic mass is 32.2. The molecule has 0 spiro atoms. The number of ether oxygens (including phenoxy) is 1. The van der Waals surface area contributed by atoms with E-state index in [2.05, 4.69) is 5.32 Å². The number of carbonyl (C=O) groups excluding carboxylic acids is 2. The summed E-state index contributed by atoms with van der Waals surface area (Å²) in [6.07, 6.45) is 5.29. The monoisotopic (exact) mass is 625 g/mol. The molecule has 4 aromatic rings. The van der Waals surface area contributed by atoms with Gasteiger partial charge in [0, 0.05) is 19.0 Å². The Labute approximate surface area is 265 Å². The van der Waals surface area contributed by atoms with Gasteiger partial charge in [-0.15, -0.1) is 0 Å². The van der Waals surface area contributed by atoms with Crippen LogP contribution in [0.25, 0.3) is 0 Å². The standard InChI is InChI=1S/C36H39N3O5S/c1-45(42,43)39(31-21-23-33(24-22-31)44-32-19-9-4-10-20-32)27-35(40)38(26-29-15-7-3-8-16-29)34(25-28-13-5-2-6-14-28)36(41)37-30-17-11-12-18-30/h2-10,13-16,19-24,30,34H,11-12,17-18,25-27H2,1H3,(H,37,41). The number of carbonyl (C=O) groups is 2. The van der Waals surface area contributed by atoms with Crippen molar-refractivity contribution < 1.29 is 22.7 Å². The van der Waals surface area contributed by atoms with Gasteiger partial charge < -0.3 is 15.0 Å². The van der Waals surface area contributed by atoms with E-state index >= 15 is 0 Å². The number of benzene rings is 4. The molecule has 1 aliphatic rings. The molecular formula is C36H39N3O5S. The maximum Gasteiger partial charge on any atom is 0.244 e. The van der Waals surface area contributed by atoms with E-state index in [4.69, 9.17) is 4.74 Å². The smallest absolute Gasteiger partial charge is 0.244 e. The number of para-hydroxylation sites is 1. The lowest BCUT2D eigenvalue weighted by molar-refractivity contribution is -0.140. The minimum absolute atomic E-state index is 0.0635. The van der Waals surface area contributed by atoms with Crippen molar-refractivity contribution in [2.45, 2.75) is 50.7 Å². The van der Waals surface area contributed by atoms with Crippen molar-refractivity contribution in [3.63, 3.8) is 0 Å². The third kappa shape index (κ3) is 8.95. The van der Waals surface area contributed by atoms with E-state index in [1.54, 1.807) is 24.3 Å². The summed E-state index contributed by atoms with van der Waals surface area (Å²) in [6, 6.07) is 34.1. The summed E-state index contributed by atoms with van der Waals surface area (Å²) in [4.78, 5) is 29.7. The summed E-state index contributed by atoms with van der Waals surface area (Å²) < 4.78 is 33.1. The first kappa shape index (κ1) is 31.8. The quantitative estimate of drug-likeness (QED) is 0.198. The molecule has 1 unspecified atom stereocenters. The second-order valence-electron chi connectivity index (χ2n) is 11.4. The van der Waals surface area contributed by atoms with Crippen LogP contribution in [0.1, 0.15) is 36.8 Å². The fourth-order valence-electron chi connectivity index (χ4n) is 5.62. The topological polar surface area (TPSA) is 96.0 Å². The van der Waals surface area contributed by atoms with Gasteiger partial charge >= 0.3 is 0 Å². The zero-order valence-corrected chi connectivity index (χ0v) is 26.2. The van der Waals surface area contributed by atoms with Crippen LogP contribution in [0, 0.1) is 0 Å². The molecule has 1 aliphatic carbocycles. The van der Waals surface area contributed by atoms with Gasteiger partial charge in [0.2, 0.25) is 21.8 Å². The molecule has 1 atom stereocenters. The van der Waals surface area contributed by atoms with Gasteiger partial charge in [-0.05, 0) is 60.4 Å². The van der Waals surface area contributed by atoms with E-state index in [1.165, 1.54) is 4.90 Å². The second kappa shape index (κ2) is 14.9. The van der Waals surface area contributed by atoms with Crippen molar-refractivity contribution in [1.82, 2.24) is 10.2 Å². The van der Waals surface area contributed by atoms with Crippen molar-refractivity contribution in [3.05, 3.63) is 126 Å². The molecule has 8 nitrogen and oxygen atoms in total. The normalized spacial score (nSPS) is 14.0. The van der Waals surface area contributed by atoms with Crippen molar-refractivity contribution in [3.8, 4) is 11.5 Å². The number of nitrogens with one attached hydrogen (secondary N) is 1. The number of sulfonamides is 1. The van der Waals surface area contributed by atoms with Gasteiger partial charge in [-0.25, -0.2) is 8.42 Å². The first-order valence-corrected chi connectivity index (χ1v) is 17.1. The van der Waals surface area contributed by atoms with Crippen LogP contribution in [-0.4, -0.2) is 50.0 Å². The summed E-state index contributed by atoms with van der Waals surface area (Å²) in [5.74, 6) is 0.471. The Kier molecular flexibility index (Phi) is 10.5. The van der Waals surface area contributed by atoms with Gasteiger partial charge in [0.15, 0.2) is 0 Å². The Morgan fingerprint density at radius 2 is 1.31 bits per heavy atom. The highest BCUT2D eigenvalue weighted by molar-refractivity contribution is 7.92. The lowest BCUT2D eigenvalue weighted by atomic mass is 10.0. The number of amides is 2. The largest absolute Gasteiger partial charge is 0.457 e. The Morgan fingerprint density at radius 3 is 1.89 bits per heavy atom. The molecule has 0 saturated heterocycles. The summed E-state index contributed by atoms with van der Waals surface area (Å²) >= 11 is 0. The molecular weight excluding hydrogens is 586 g/mol. The van der Waals surface area contributed by atoms with E-state index in [0.717, 1.165) is 47.4 Å². The number of hydrogen-bond donors (Lipinski definition) is 1. The average molecular weight is 626 g/mol. The number of hydrogen-bond acceptors (Lipinski definition) is 5. The summed E-state index contributed by atoms with van der Waals surface area (Å²) in [5, 5.41) is 3.18. The fourth-order valence-corrected chi connectivity index (χ4v) is 6.47. The van der Waals surface area contributed by atoms with E-state index in [1.807, 2.05) is 91.0 Å². The molecule has 0 aromatic heterocycles. The predicted molar refractivity (Wildman–Crippen MR) is 176 cm³/mol. The molecule has 1 N–H and O–H groups in total. The maximum absolute atomic E-state index is 14.3. The Hall–Kier alpha value is -4.63. The Bertz CT molecular complexity index is 1640. The molecule has 2 amide bonds. The molecule has 9 heteroatoms. The van der Waals surface area contributed by atoms with Gasteiger partial charge in [0.25, 0.3) is 0 Å². The van der Waals surface area contributed by atoms with Crippen molar-refractivity contribution in [2.75, 3.05) is 17.1 Å². The van der Waals surface area contributed by atoms with Crippen molar-refractivity contribution in [2.24, 2.45) is 0 Å². The van der Waals surface area contributed by atoms with Gasteiger partial charge in [-0.3, -0.25) is 13.9 Å². The molecule has 5 rings (SSSR count). The second-order valence-corrected chi connectivity index (χ2v) is 13.3. The number of rotatable bonds is 13. The number of anilines is 1. The van der Waals surface area contributed by atoms with Crippen LogP contribution < -0.4 is 14.4 Å². The van der Waals surface area contributed by atoms with Gasteiger partial charge in [0.1, 0.15) is 24.1 Å². The Balaban J connectivity index is 1.44. The maximum atomic E-state index is 14.3. The van der Waals surface area contributed by atoms with Crippen LogP contribution in [0.5, 0.6) is 11.5 Å². The van der Waals surface area contributed by atoms with Crippen molar-refractivity contribution in [1.29, 1.82) is 0 Å². The molecule has 234 valence electrons. The van der Waals surface area contributed by atoms with Crippen LogP contribution in [0.15, 0.2) is 115 Å². The zero-order chi connectivity index (χ0) is 31.6. The molecule has 4 aromatic carbocycles. The van der Waals surface area contributed by atoms with Crippen LogP contribution in [-0.2, 0) is 32.6 Å². The van der Waals surface area contributed by atoms with Crippen LogP contribution >= 0.6 is 0 Å². The third-order valence-electron chi connectivity index (χ3n) is 7.95. The third-order valence-corrected chi connectivity index (χ3v) is 9.09. The lowest BCUT2D eigenvalue weighted by Gasteiger charge is -2.34. The Morgan fingerprint density at radius 1 is 0.778 bits per heavy atom. The summed E-state index contributed by atoms with van der Waals surface area (Å²) in [6.45, 7) is -0.316. The van der Waals surface area contributed by atoms with Gasteiger partial charge in [-0.1, -0.05) is 91.7 Å². The lowest BCUT2D eigenvalue weighted by Crippen LogP contribution is -2.54. The predicted octanol–water partition coefficient (Wildman–Crippen LogP) is 5.94. The molecule has 1 fully saturated rings. The average Bonchev–Trinajstić information content (AvgIpc) is 3.56. The van der Waals surface area contributed by atoms with Gasteiger partial charge in [0.05, 0.1) is 11.9 Å². The number of nitrogens with zero attached hydrogens (tertiary/aromatic N) is 2. The summed E-state index contributed by atoms with van der Waals surface area (Å²) in [5.41, 5.74) is 2.07. The first-order valence-electron chi connectivity index (χ1n) is 15.2. The van der Waals surface area contributed by atoms with Crippen LogP contribution in [0.3, 0.4) is 0 Å². The summed E-state index contributed by atoms with van der Waals surface area (Å²) in [7, 11) is -3.87. The molecule has 1 saturated carbocycles. The molecule has 0 heterocycles. The molecule has 0 bridgehead atoms. The minimum Gasteiger partial charge on any atom is -0.457 e. The van der Waals surface area contributed by atoms with Crippen LogP contribution in [0.2, 0.25) is 0 Å². The highest BCUT2D eigenvalue weighted by Crippen LogP contribution is 2.26. The molecule has 45 heavy (non-hydrogen) atoms. The van der Waals surface area contributed by atoms with Gasteiger partial charge in [-0.2, -0.15) is 0 Å². The zero-order valence-electron chi connectivity index (χ0n) is 25.4. The van der Waals surface area contributed by atoms with E-state index in [9.17, 15) is 18.0 Å². The minimum atomic E-state index is -3.87. The van der Waals surface area contributed by atoms with Crippen LogP contribution in [0.4, 0.5) is 5.69 Å². The van der Waals surface area contributed by atoms with E-state index in [-0.39, 0.29) is 18.5 Å². The molecule has 0 aliphatic heterocycles.